The van der Waals surface area contributed by atoms with Crippen LogP contribution in [-0.2, 0) is 37.9 Å². The summed E-state index contributed by atoms with van der Waals surface area (Å²) in [5.41, 5.74) is -1.53. The van der Waals surface area contributed by atoms with E-state index in [1.807, 2.05) is 0 Å². The van der Waals surface area contributed by atoms with Gasteiger partial charge >= 0.3 is 5.97 Å². The number of nitrogens with zero attached hydrogens (tertiary/aromatic N) is 1. The maximum Gasteiger partial charge on any atom is 0.342 e. The van der Waals surface area contributed by atoms with Gasteiger partial charge in [-0.25, -0.2) is 4.79 Å². The van der Waals surface area contributed by atoms with Crippen molar-refractivity contribution in [3.05, 3.63) is 31.3 Å². The first-order valence-corrected chi connectivity index (χ1v) is 15.9. The van der Waals surface area contributed by atoms with E-state index >= 15 is 0 Å². The largest absolute Gasteiger partial charge is 0.505 e. The Morgan fingerprint density at radius 2 is 1.55 bits per heavy atom. The van der Waals surface area contributed by atoms with Crippen molar-refractivity contribution in [3.63, 3.8) is 0 Å². The standard InChI is InChI=1S/C30H43Cl2NO14/c1-12-21(27(40-7)23(32)24(35)22(12)31)29(36)47-26-14(3)43-19(46-25-13(2)42-18(39-6)9-16(25)34)10-17(26)45-20-11-30(5,33(37)38)28(41-8)15(4)44-20/h13-20,25-26,28,34-35H,9-11H2,1-8H3/t13-,14-,15+,16-,17-,18-,19+,20+,25-,26-,28+,30+/m1/s1. The molecule has 15 nitrogen and oxygen atoms in total. The number of benzene rings is 1. The van der Waals surface area contributed by atoms with Crippen LogP contribution in [0.3, 0.4) is 0 Å². The summed E-state index contributed by atoms with van der Waals surface area (Å²) in [5, 5.41) is 32.9. The van der Waals surface area contributed by atoms with E-state index in [2.05, 4.69) is 0 Å². The van der Waals surface area contributed by atoms with Gasteiger partial charge in [0.25, 0.3) is 5.54 Å². The Morgan fingerprint density at radius 1 is 0.936 bits per heavy atom. The van der Waals surface area contributed by atoms with Crippen LogP contribution < -0.4 is 4.74 Å². The molecule has 0 bridgehead atoms. The molecule has 0 spiro atoms. The van der Waals surface area contributed by atoms with E-state index in [1.165, 1.54) is 35.2 Å². The first kappa shape index (κ1) is 37.8. The summed E-state index contributed by atoms with van der Waals surface area (Å²) in [7, 11) is 4.12. The highest BCUT2D eigenvalue weighted by Crippen LogP contribution is 2.45. The van der Waals surface area contributed by atoms with Gasteiger partial charge in [0, 0.05) is 38.9 Å². The summed E-state index contributed by atoms with van der Waals surface area (Å²) in [5.74, 6) is -1.51. The summed E-state index contributed by atoms with van der Waals surface area (Å²) >= 11 is 12.5. The number of phenolic OH excluding ortho intramolecular Hbond substituents is 1. The summed E-state index contributed by atoms with van der Waals surface area (Å²) in [4.78, 5) is 25.5. The monoisotopic (exact) mass is 711 g/mol. The topological polar surface area (TPSA) is 184 Å². The molecule has 0 aliphatic carbocycles. The van der Waals surface area contributed by atoms with E-state index in [1.54, 1.807) is 20.8 Å². The molecule has 2 N–H and O–H groups in total. The molecular weight excluding hydrogens is 669 g/mol. The summed E-state index contributed by atoms with van der Waals surface area (Å²) in [6.45, 7) is 7.96. The van der Waals surface area contributed by atoms with Gasteiger partial charge in [-0.05, 0) is 33.3 Å². The van der Waals surface area contributed by atoms with Gasteiger partial charge in [-0.15, -0.1) is 0 Å². The average molecular weight is 713 g/mol. The molecule has 266 valence electrons. The number of carbonyl (C=O) groups is 1. The van der Waals surface area contributed by atoms with Gasteiger partial charge in [0.2, 0.25) is 0 Å². The van der Waals surface area contributed by atoms with Gasteiger partial charge in [-0.3, -0.25) is 10.1 Å². The highest BCUT2D eigenvalue weighted by Gasteiger charge is 2.56. The van der Waals surface area contributed by atoms with Crippen LogP contribution >= 0.6 is 23.2 Å². The van der Waals surface area contributed by atoms with Crippen molar-refractivity contribution in [1.29, 1.82) is 0 Å². The highest BCUT2D eigenvalue weighted by molar-refractivity contribution is 6.39. The number of nitro groups is 1. The lowest BCUT2D eigenvalue weighted by atomic mass is 9.85. The molecule has 12 atom stereocenters. The lowest BCUT2D eigenvalue weighted by Gasteiger charge is -2.46. The molecule has 47 heavy (non-hydrogen) atoms. The minimum atomic E-state index is -1.56. The predicted octanol–water partition coefficient (Wildman–Crippen LogP) is 3.77. The van der Waals surface area contributed by atoms with Crippen LogP contribution in [0.1, 0.15) is 62.9 Å². The molecule has 3 aliphatic heterocycles. The van der Waals surface area contributed by atoms with Crippen LogP contribution in [0.5, 0.6) is 11.5 Å². The Labute approximate surface area is 282 Å². The van der Waals surface area contributed by atoms with Crippen molar-refractivity contribution < 1.29 is 62.6 Å². The maximum absolute atomic E-state index is 13.7. The second kappa shape index (κ2) is 15.2. The van der Waals surface area contributed by atoms with E-state index < -0.39 is 89.9 Å². The average Bonchev–Trinajstić information content (AvgIpc) is 3.00. The molecule has 17 heteroatoms. The number of aromatic hydroxyl groups is 1. The fourth-order valence-corrected chi connectivity index (χ4v) is 7.05. The number of hydrogen-bond acceptors (Lipinski definition) is 14. The number of hydrogen-bond donors (Lipinski definition) is 2. The molecule has 0 amide bonds. The minimum Gasteiger partial charge on any atom is -0.505 e. The van der Waals surface area contributed by atoms with Gasteiger partial charge in [0.1, 0.15) is 22.8 Å². The number of ether oxygens (including phenoxy) is 9. The number of phenols is 1. The van der Waals surface area contributed by atoms with E-state index in [4.69, 9.17) is 65.8 Å². The Hall–Kier alpha value is -2.05. The number of carbonyl (C=O) groups excluding carboxylic acids is 1. The van der Waals surface area contributed by atoms with Gasteiger partial charge in [-0.2, -0.15) is 0 Å². The Kier molecular flexibility index (Phi) is 12.2. The summed E-state index contributed by atoms with van der Waals surface area (Å²) in [6, 6.07) is 0. The van der Waals surface area contributed by atoms with Gasteiger partial charge in [0.15, 0.2) is 42.6 Å². The van der Waals surface area contributed by atoms with Crippen molar-refractivity contribution in [2.75, 3.05) is 21.3 Å². The first-order valence-electron chi connectivity index (χ1n) is 15.2. The molecule has 3 saturated heterocycles. The van der Waals surface area contributed by atoms with Crippen LogP contribution in [0.4, 0.5) is 0 Å². The molecule has 0 aromatic heterocycles. The molecule has 0 radical (unpaired) electrons. The zero-order valence-electron chi connectivity index (χ0n) is 27.5. The SMILES string of the molecule is COc1c(Cl)c(O)c(Cl)c(C)c1C(=O)O[C@@H]1[C@@H](C)O[C@@H](O[C@H]2[C@H](O)C[C@H](OC)O[C@@H]2C)C[C@H]1O[C@H]1C[C@](C)([N+](=O)[O-])[C@@H](OC)[C@H](C)O1. The molecule has 3 heterocycles. The lowest BCUT2D eigenvalue weighted by molar-refractivity contribution is -0.595. The van der Waals surface area contributed by atoms with E-state index in [0.717, 1.165) is 0 Å². The number of aliphatic hydroxyl groups excluding tert-OH is 1. The lowest BCUT2D eigenvalue weighted by Crippen LogP contribution is -2.61. The zero-order valence-corrected chi connectivity index (χ0v) is 29.0. The third kappa shape index (κ3) is 7.59. The highest BCUT2D eigenvalue weighted by atomic mass is 35.5. The minimum absolute atomic E-state index is 0.0315. The molecular formula is C30H43Cl2NO14. The fraction of sp³-hybridized carbons (Fsp3) is 0.767. The Balaban J connectivity index is 1.64. The molecule has 1 aromatic rings. The van der Waals surface area contributed by atoms with Gasteiger partial charge in [0.05, 0.1) is 43.0 Å². The maximum atomic E-state index is 13.7. The number of rotatable bonds is 10. The Morgan fingerprint density at radius 3 is 2.13 bits per heavy atom. The van der Waals surface area contributed by atoms with Crippen molar-refractivity contribution in [2.24, 2.45) is 0 Å². The number of aliphatic hydroxyl groups is 1. The van der Waals surface area contributed by atoms with Crippen LogP contribution in [-0.4, -0.2) is 116 Å². The fourth-order valence-electron chi connectivity index (χ4n) is 6.54. The number of halogens is 2. The molecule has 3 fully saturated rings. The van der Waals surface area contributed by atoms with Crippen LogP contribution in [0.2, 0.25) is 10.0 Å². The predicted molar refractivity (Wildman–Crippen MR) is 164 cm³/mol. The van der Waals surface area contributed by atoms with Crippen LogP contribution in [0, 0.1) is 17.0 Å². The van der Waals surface area contributed by atoms with Gasteiger partial charge < -0.3 is 52.8 Å². The van der Waals surface area contributed by atoms with Crippen LogP contribution in [0.25, 0.3) is 0 Å². The third-order valence-corrected chi connectivity index (χ3v) is 9.83. The van der Waals surface area contributed by atoms with Crippen molar-refractivity contribution >= 4 is 29.2 Å². The van der Waals surface area contributed by atoms with E-state index in [-0.39, 0.29) is 46.2 Å². The van der Waals surface area contributed by atoms with E-state index in [0.29, 0.717) is 0 Å². The second-order valence-corrected chi connectivity index (χ2v) is 13.0. The summed E-state index contributed by atoms with van der Waals surface area (Å²) in [6.07, 6.45) is -9.58. The van der Waals surface area contributed by atoms with Crippen molar-refractivity contribution in [2.45, 2.75) is 127 Å². The number of esters is 1. The molecule has 0 unspecified atom stereocenters. The normalized spacial score (nSPS) is 37.7. The number of methoxy groups -OCH3 is 3. The first-order chi connectivity index (χ1) is 22.1. The molecule has 1 aromatic carbocycles. The summed E-state index contributed by atoms with van der Waals surface area (Å²) < 4.78 is 52.4. The second-order valence-electron chi connectivity index (χ2n) is 12.2. The van der Waals surface area contributed by atoms with Crippen molar-refractivity contribution in [3.8, 4) is 11.5 Å². The quantitative estimate of drug-likeness (QED) is 0.203. The third-order valence-electron chi connectivity index (χ3n) is 9.02. The molecule has 0 saturated carbocycles. The van der Waals surface area contributed by atoms with E-state index in [9.17, 15) is 25.1 Å². The van der Waals surface area contributed by atoms with Crippen molar-refractivity contribution in [1.82, 2.24) is 0 Å². The van der Waals surface area contributed by atoms with Crippen LogP contribution in [0.15, 0.2) is 0 Å². The zero-order chi connectivity index (χ0) is 35.0. The molecule has 3 aliphatic rings. The smallest absolute Gasteiger partial charge is 0.342 e. The molecule has 4 rings (SSSR count). The Bertz CT molecular complexity index is 1290. The van der Waals surface area contributed by atoms with Gasteiger partial charge in [-0.1, -0.05) is 23.2 Å².